The number of fused-ring (bicyclic) bond motifs is 15. The first-order chi connectivity index (χ1) is 60.8. The highest BCUT2D eigenvalue weighted by Gasteiger charge is 2.51. The minimum absolute atomic E-state index is 0.143. The second-order valence-corrected chi connectivity index (χ2v) is 52.5. The minimum Gasteiger partial charge on any atom is -0.382 e. The number of nitrogens with one attached hydrogen (secondary N) is 4. The van der Waals surface area contributed by atoms with Gasteiger partial charge in [0.1, 0.15) is 0 Å². The Morgan fingerprint density at radius 2 is 0.512 bits per heavy atom. The number of H-pyrrole nitrogens is 3. The van der Waals surface area contributed by atoms with Gasteiger partial charge in [-0.2, -0.15) is 0 Å². The quantitative estimate of drug-likeness (QED) is 0.0304. The molecule has 0 saturated carbocycles. The number of allylic oxidation sites excluding steroid dienone is 4. The number of thioether (sulfide) groups is 18. The average Bonchev–Trinajstić information content (AvgIpc) is 1.54. The Morgan fingerprint density at radius 3 is 0.776 bits per heavy atom. The molecule has 0 saturated heterocycles. The Balaban J connectivity index is 1.03. The van der Waals surface area contributed by atoms with Crippen LogP contribution in [0.5, 0.6) is 0 Å². The zero-order chi connectivity index (χ0) is 88.9. The molecule has 10 heterocycles. The molecule has 0 spiro atoms. The highest BCUT2D eigenvalue weighted by Crippen LogP contribution is 2.71. The van der Waals surface area contributed by atoms with Gasteiger partial charge in [-0.25, -0.2) is 0 Å². The number of hydrogen-bond donors (Lipinski definition) is 4. The summed E-state index contributed by atoms with van der Waals surface area (Å²) in [5.41, 5.74) is 9.66. The Hall–Kier alpha value is 0.920. The first-order valence-corrected chi connectivity index (χ1v) is 57.5. The van der Waals surface area contributed by atoms with E-state index in [1.807, 2.05) is 218 Å². The summed E-state index contributed by atoms with van der Waals surface area (Å²) in [6.45, 7) is 44.6. The van der Waals surface area contributed by atoms with Crippen molar-refractivity contribution in [2.75, 3.05) is 275 Å². The largest absolute Gasteiger partial charge is 0.382 e. The van der Waals surface area contributed by atoms with Crippen LogP contribution >= 0.6 is 212 Å². The summed E-state index contributed by atoms with van der Waals surface area (Å²) in [5, 5.41) is 4.10. The number of methoxy groups -OCH3 is 6. The van der Waals surface area contributed by atoms with Crippen LogP contribution in [0.2, 0.25) is 0 Å². The Kier molecular flexibility index (Phi) is 50.1. The number of aromatic amines is 3. The van der Waals surface area contributed by atoms with Crippen LogP contribution in [0.3, 0.4) is 0 Å². The van der Waals surface area contributed by atoms with Crippen molar-refractivity contribution in [3.05, 3.63) is 119 Å². The first-order valence-electron chi connectivity index (χ1n) is 41.6. The van der Waals surface area contributed by atoms with Gasteiger partial charge in [0.05, 0.1) is 261 Å². The van der Waals surface area contributed by atoms with E-state index in [0.717, 1.165) is 68.7 Å². The van der Waals surface area contributed by atoms with E-state index in [2.05, 4.69) is 101 Å². The molecule has 6 bridgehead atoms. The maximum absolute atomic E-state index is 6.17. The molecule has 0 aromatic carbocycles. The lowest BCUT2D eigenvalue weighted by Crippen LogP contribution is -2.37. The predicted octanol–water partition coefficient (Wildman–Crippen LogP) is 21.0. The maximum Gasteiger partial charge on any atom is 0.0825 e. The van der Waals surface area contributed by atoms with Gasteiger partial charge in [0.2, 0.25) is 0 Å². The molecule has 7 aliphatic rings. The summed E-state index contributed by atoms with van der Waals surface area (Å²) in [7, 11) is 10.1. The van der Waals surface area contributed by atoms with Gasteiger partial charge in [0.25, 0.3) is 0 Å². The predicted molar refractivity (Wildman–Crippen MR) is 546 cm³/mol. The van der Waals surface area contributed by atoms with Crippen LogP contribution in [0.25, 0.3) is 0 Å². The van der Waals surface area contributed by atoms with E-state index in [0.29, 0.717) is 198 Å². The lowest BCUT2D eigenvalue weighted by Gasteiger charge is -2.35. The molecule has 0 amide bonds. The molecule has 0 fully saturated rings. The maximum atomic E-state index is 6.17. The van der Waals surface area contributed by atoms with Gasteiger partial charge in [-0.05, 0) is 61.5 Å². The normalized spacial score (nSPS) is 18.8. The molecule has 125 heavy (non-hydrogen) atoms. The summed E-state index contributed by atoms with van der Waals surface area (Å²) in [5.74, 6) is 4.85. The van der Waals surface area contributed by atoms with E-state index in [1.54, 1.807) is 42.7 Å². The van der Waals surface area contributed by atoms with E-state index >= 15 is 0 Å². The molecular formula is C85H126N4O18S18. The molecule has 10 rings (SSSR count). The van der Waals surface area contributed by atoms with Crippen LogP contribution in [-0.4, -0.2) is 299 Å². The fourth-order valence-corrected chi connectivity index (χ4v) is 41.1. The van der Waals surface area contributed by atoms with Gasteiger partial charge in [-0.1, -0.05) is 113 Å². The van der Waals surface area contributed by atoms with E-state index in [4.69, 9.17) is 85.3 Å². The molecule has 3 aromatic heterocycles. The summed E-state index contributed by atoms with van der Waals surface area (Å²) < 4.78 is 116. The smallest absolute Gasteiger partial charge is 0.0825 e. The SMILES string of the molecule is C=C=C1N/C(=C/C=C)C(C)(C)c2[nH]c(c3c2SC(=C2SC(SCCOCCOCCOC)=C(SCCOCCOCCOC)S2)S3)C(C)(C)c2[nH]c(c3c2SC(C2SC(SCCOCCOCCOC)=C(SCCOCCOCCOC)S2)S3)C(C)(C)c2[nH]c(c3c2SC(=C2SC(SCCOCCOCCOC)=C(SCCOCCOCCOC)S2)S3)C1(C)C. The van der Waals surface area contributed by atoms with E-state index in [9.17, 15) is 0 Å². The number of rotatable bonds is 62. The first kappa shape index (κ1) is 108. The molecule has 1 unspecified atom stereocenters. The summed E-state index contributed by atoms with van der Waals surface area (Å²) in [4.78, 5) is 20.6. The number of aromatic nitrogens is 3. The highest BCUT2D eigenvalue weighted by molar-refractivity contribution is 8.43. The van der Waals surface area contributed by atoms with Crippen LogP contribution < -0.4 is 5.32 Å². The van der Waals surface area contributed by atoms with Crippen molar-refractivity contribution in [1.82, 2.24) is 20.3 Å². The van der Waals surface area contributed by atoms with Crippen LogP contribution in [0.4, 0.5) is 0 Å². The van der Waals surface area contributed by atoms with Crippen molar-refractivity contribution in [3.63, 3.8) is 0 Å². The van der Waals surface area contributed by atoms with Crippen molar-refractivity contribution in [1.29, 1.82) is 0 Å². The van der Waals surface area contributed by atoms with Crippen LogP contribution in [0.1, 0.15) is 89.6 Å². The third-order valence-corrected chi connectivity index (χ3v) is 46.4. The third kappa shape index (κ3) is 31.7. The van der Waals surface area contributed by atoms with Gasteiger partial charge >= 0.3 is 0 Å². The highest BCUT2D eigenvalue weighted by atomic mass is 32.3. The Labute approximate surface area is 818 Å². The topological polar surface area (TPSA) is 226 Å². The number of hydrogen-bond acceptors (Lipinski definition) is 37. The Bertz CT molecular complexity index is 4020. The van der Waals surface area contributed by atoms with Gasteiger partial charge in [-0.15, -0.1) is 123 Å². The second-order valence-electron chi connectivity index (χ2n) is 29.9. The van der Waals surface area contributed by atoms with Crippen molar-refractivity contribution in [2.45, 2.75) is 116 Å². The van der Waals surface area contributed by atoms with E-state index < -0.39 is 21.7 Å². The zero-order valence-corrected chi connectivity index (χ0v) is 89.1. The summed E-state index contributed by atoms with van der Waals surface area (Å²) in [6.07, 6.45) is 4.06. The minimum atomic E-state index is -0.706. The molecule has 4 N–H and O–H groups in total. The molecule has 3 aromatic rings. The van der Waals surface area contributed by atoms with Crippen molar-refractivity contribution >= 4 is 212 Å². The molecule has 702 valence electrons. The van der Waals surface area contributed by atoms with Crippen LogP contribution in [-0.2, 0) is 107 Å². The third-order valence-electron chi connectivity index (χ3n) is 19.6. The monoisotopic (exact) mass is 2070 g/mol. The van der Waals surface area contributed by atoms with Crippen molar-refractivity contribution < 1.29 is 85.3 Å². The van der Waals surface area contributed by atoms with Gasteiger partial charge < -0.3 is 106 Å². The van der Waals surface area contributed by atoms with Gasteiger partial charge in [-0.3, -0.25) is 0 Å². The number of ether oxygens (including phenoxy) is 18. The molecule has 1 atom stereocenters. The molecule has 7 aliphatic heterocycles. The molecule has 40 heteroatoms. The fourth-order valence-electron chi connectivity index (χ4n) is 12.8. The molecule has 0 aliphatic carbocycles. The van der Waals surface area contributed by atoms with Gasteiger partial charge in [0.15, 0.2) is 0 Å². The average molecular weight is 2070 g/mol. The standard InChI is InChI=1S/C85H126N4O18S18/c1-17-19-57-83(5,6)65-59-61(117-77(115-59)80-122-72(110-52-46-104-40-34-98-28-22-92-13)73(123-80)111-53-47-105-41-35-99-29-23-93-14)67(88-65)85(9,10)69-63-62(118-78(119-63)81-124-74(112-54-48-106-42-36-100-30-24-94-15)75(125-81)113-55-49-107-43-37-101-31-25-95-16)68(89-69)84(7,8)66-60-58(64(87-66)82(3,4)56(18-2)86-57)114-76(116-60)79-120-70(108-50-44-102-38-32-96-26-20-90-11)71(121-79)109-51-45-103-39-33-97-27-21-91-12/h17,19,78,81,86-89H,1-2,20-55H2,3-16H3/b57-19+. The summed E-state index contributed by atoms with van der Waals surface area (Å²) in [6, 6.07) is 0. The second kappa shape index (κ2) is 58.0. The summed E-state index contributed by atoms with van der Waals surface area (Å²) >= 11 is 34.5. The lowest BCUT2D eigenvalue weighted by atomic mass is 9.81. The lowest BCUT2D eigenvalue weighted by molar-refractivity contribution is 0.0286. The van der Waals surface area contributed by atoms with Crippen LogP contribution in [0, 0.1) is 0 Å². The fraction of sp³-hybridized carbons (Fsp3) is 0.659. The van der Waals surface area contributed by atoms with Crippen molar-refractivity contribution in [2.24, 2.45) is 0 Å². The van der Waals surface area contributed by atoms with Crippen molar-refractivity contribution in [3.8, 4) is 0 Å². The van der Waals surface area contributed by atoms with Gasteiger partial charge in [0, 0.05) is 163 Å². The van der Waals surface area contributed by atoms with E-state index in [1.165, 1.54) is 83.1 Å². The molecule has 0 radical (unpaired) electrons. The van der Waals surface area contributed by atoms with Crippen LogP contribution in [0.15, 0.2) is 114 Å². The Morgan fingerprint density at radius 1 is 0.288 bits per heavy atom. The van der Waals surface area contributed by atoms with E-state index in [-0.39, 0.29) is 9.16 Å². The molecule has 22 nitrogen and oxygen atoms in total. The zero-order valence-electron chi connectivity index (χ0n) is 74.4. The molecular weight excluding hydrogens is 1940 g/mol.